The van der Waals surface area contributed by atoms with Gasteiger partial charge in [-0.25, -0.2) is 0 Å². The van der Waals surface area contributed by atoms with E-state index in [-0.39, 0.29) is 0 Å². The van der Waals surface area contributed by atoms with Gasteiger partial charge in [-0.2, -0.15) is 0 Å². The van der Waals surface area contributed by atoms with Gasteiger partial charge in [0.1, 0.15) is 0 Å². The molecule has 3 heteroatoms. The van der Waals surface area contributed by atoms with E-state index >= 15 is 0 Å². The van der Waals surface area contributed by atoms with Crippen LogP contribution in [0.5, 0.6) is 0 Å². The molecule has 0 bridgehead atoms. The summed E-state index contributed by atoms with van der Waals surface area (Å²) in [6.45, 7) is 7.37. The second-order valence-electron chi connectivity index (χ2n) is 4.29. The van der Waals surface area contributed by atoms with Crippen molar-refractivity contribution in [2.75, 3.05) is 0 Å². The first-order chi connectivity index (χ1) is 8.16. The van der Waals surface area contributed by atoms with Crippen LogP contribution in [0.25, 0.3) is 0 Å². The van der Waals surface area contributed by atoms with Crippen molar-refractivity contribution in [1.82, 2.24) is 10.3 Å². The van der Waals surface area contributed by atoms with Gasteiger partial charge in [-0.15, -0.1) is 11.3 Å². The maximum atomic E-state index is 4.31. The highest BCUT2D eigenvalue weighted by Crippen LogP contribution is 2.26. The molecule has 0 aliphatic heterocycles. The summed E-state index contributed by atoms with van der Waals surface area (Å²) in [7, 11) is 0. The zero-order valence-corrected chi connectivity index (χ0v) is 11.3. The summed E-state index contributed by atoms with van der Waals surface area (Å²) < 4.78 is 0. The number of hydrogen-bond acceptors (Lipinski definition) is 3. The highest BCUT2D eigenvalue weighted by Gasteiger charge is 2.10. The van der Waals surface area contributed by atoms with Crippen LogP contribution in [0.15, 0.2) is 30.5 Å². The smallest absolute Gasteiger partial charge is 0.0541 e. The molecule has 2 heterocycles. The van der Waals surface area contributed by atoms with Crippen LogP contribution in [0.1, 0.15) is 34.0 Å². The molecular formula is C14H18N2S. The van der Waals surface area contributed by atoms with Gasteiger partial charge >= 0.3 is 0 Å². The lowest BCUT2D eigenvalue weighted by molar-refractivity contribution is 0.567. The molecule has 2 aromatic rings. The maximum Gasteiger partial charge on any atom is 0.0541 e. The molecule has 1 N–H and O–H groups in total. The largest absolute Gasteiger partial charge is 0.305 e. The van der Waals surface area contributed by atoms with Crippen molar-refractivity contribution < 1.29 is 0 Å². The minimum Gasteiger partial charge on any atom is -0.305 e. The van der Waals surface area contributed by atoms with Crippen LogP contribution >= 0.6 is 11.3 Å². The Kier molecular flexibility index (Phi) is 3.92. The molecule has 2 rings (SSSR count). The van der Waals surface area contributed by atoms with Gasteiger partial charge in [-0.3, -0.25) is 4.98 Å². The first-order valence-electron chi connectivity index (χ1n) is 5.87. The van der Waals surface area contributed by atoms with E-state index in [1.165, 1.54) is 15.3 Å². The fraction of sp³-hybridized carbons (Fsp3) is 0.357. The molecule has 0 saturated carbocycles. The van der Waals surface area contributed by atoms with Crippen molar-refractivity contribution in [2.45, 2.75) is 33.4 Å². The van der Waals surface area contributed by atoms with E-state index in [0.717, 1.165) is 12.2 Å². The number of rotatable bonds is 4. The Bertz CT molecular complexity index is 476. The van der Waals surface area contributed by atoms with Crippen LogP contribution in [0, 0.1) is 13.8 Å². The summed E-state index contributed by atoms with van der Waals surface area (Å²) in [4.78, 5) is 7.10. The summed E-state index contributed by atoms with van der Waals surface area (Å²) in [5.41, 5.74) is 2.49. The predicted octanol–water partition coefficient (Wildman–Crippen LogP) is 3.61. The van der Waals surface area contributed by atoms with E-state index in [1.807, 2.05) is 35.7 Å². The highest BCUT2D eigenvalue weighted by atomic mass is 32.1. The third-order valence-corrected chi connectivity index (χ3v) is 3.84. The molecule has 2 aromatic heterocycles. The van der Waals surface area contributed by atoms with Gasteiger partial charge in [-0.05, 0) is 44.5 Å². The van der Waals surface area contributed by atoms with Gasteiger partial charge in [-0.1, -0.05) is 6.07 Å². The number of nitrogens with one attached hydrogen (secondary N) is 1. The third kappa shape index (κ3) is 3.14. The third-order valence-electron chi connectivity index (χ3n) is 2.86. The average Bonchev–Trinajstić information content (AvgIpc) is 2.67. The number of thiophene rings is 1. The standard InChI is InChI=1S/C14H18N2S/c1-10-8-14(12(3)17-10)11(2)16-9-13-6-4-5-7-15-13/h4-8,11,16H,9H2,1-3H3. The van der Waals surface area contributed by atoms with Crippen LogP contribution in [-0.4, -0.2) is 4.98 Å². The van der Waals surface area contributed by atoms with E-state index < -0.39 is 0 Å². The van der Waals surface area contributed by atoms with E-state index in [4.69, 9.17) is 0 Å². The predicted molar refractivity (Wildman–Crippen MR) is 73.3 cm³/mol. The lowest BCUT2D eigenvalue weighted by Crippen LogP contribution is -2.18. The van der Waals surface area contributed by atoms with Gasteiger partial charge in [0.25, 0.3) is 0 Å². The number of aryl methyl sites for hydroxylation is 2. The van der Waals surface area contributed by atoms with Crippen LogP contribution in [0.4, 0.5) is 0 Å². The first-order valence-corrected chi connectivity index (χ1v) is 6.68. The quantitative estimate of drug-likeness (QED) is 0.891. The molecule has 0 amide bonds. The zero-order chi connectivity index (χ0) is 12.3. The SMILES string of the molecule is Cc1cc(C(C)NCc2ccccn2)c(C)s1. The Balaban J connectivity index is 1.98. The minimum absolute atomic E-state index is 0.377. The lowest BCUT2D eigenvalue weighted by atomic mass is 10.1. The molecule has 90 valence electrons. The van der Waals surface area contributed by atoms with Gasteiger partial charge in [0.15, 0.2) is 0 Å². The molecular weight excluding hydrogens is 228 g/mol. The van der Waals surface area contributed by atoms with Gasteiger partial charge in [0.2, 0.25) is 0 Å². The second kappa shape index (κ2) is 5.43. The number of hydrogen-bond donors (Lipinski definition) is 1. The Morgan fingerprint density at radius 2 is 2.18 bits per heavy atom. The summed E-state index contributed by atoms with van der Waals surface area (Å²) in [5.74, 6) is 0. The highest BCUT2D eigenvalue weighted by molar-refractivity contribution is 7.12. The van der Waals surface area contributed by atoms with Crippen molar-refractivity contribution in [3.05, 3.63) is 51.5 Å². The molecule has 0 fully saturated rings. The van der Waals surface area contributed by atoms with Crippen molar-refractivity contribution in [1.29, 1.82) is 0 Å². The summed E-state index contributed by atoms with van der Waals surface area (Å²) in [6, 6.07) is 8.66. The van der Waals surface area contributed by atoms with Crippen molar-refractivity contribution in [3.63, 3.8) is 0 Å². The molecule has 0 saturated heterocycles. The monoisotopic (exact) mass is 246 g/mol. The normalized spacial score (nSPS) is 12.6. The fourth-order valence-electron chi connectivity index (χ4n) is 1.95. The van der Waals surface area contributed by atoms with E-state index in [2.05, 4.69) is 37.1 Å². The topological polar surface area (TPSA) is 24.9 Å². The van der Waals surface area contributed by atoms with E-state index in [9.17, 15) is 0 Å². The number of aromatic nitrogens is 1. The Hall–Kier alpha value is -1.19. The van der Waals surface area contributed by atoms with Gasteiger partial charge < -0.3 is 5.32 Å². The van der Waals surface area contributed by atoms with Gasteiger partial charge in [0.05, 0.1) is 5.69 Å². The molecule has 1 atom stereocenters. The lowest BCUT2D eigenvalue weighted by Gasteiger charge is -2.13. The Morgan fingerprint density at radius 3 is 2.76 bits per heavy atom. The molecule has 0 radical (unpaired) electrons. The minimum atomic E-state index is 0.377. The summed E-state index contributed by atoms with van der Waals surface area (Å²) >= 11 is 1.86. The van der Waals surface area contributed by atoms with E-state index in [1.54, 1.807) is 0 Å². The van der Waals surface area contributed by atoms with Crippen LogP contribution < -0.4 is 5.32 Å². The van der Waals surface area contributed by atoms with Crippen LogP contribution in [0.2, 0.25) is 0 Å². The molecule has 0 spiro atoms. The van der Waals surface area contributed by atoms with Crippen molar-refractivity contribution in [2.24, 2.45) is 0 Å². The number of pyridine rings is 1. The van der Waals surface area contributed by atoms with Crippen molar-refractivity contribution in [3.8, 4) is 0 Å². The fourth-order valence-corrected chi connectivity index (χ4v) is 2.97. The first kappa shape index (κ1) is 12.3. The van der Waals surface area contributed by atoms with Crippen LogP contribution in [-0.2, 0) is 6.54 Å². The van der Waals surface area contributed by atoms with Gasteiger partial charge in [0, 0.05) is 28.5 Å². The molecule has 0 aliphatic rings. The molecule has 2 nitrogen and oxygen atoms in total. The average molecular weight is 246 g/mol. The molecule has 17 heavy (non-hydrogen) atoms. The van der Waals surface area contributed by atoms with Crippen molar-refractivity contribution >= 4 is 11.3 Å². The molecule has 0 aliphatic carbocycles. The second-order valence-corrected chi connectivity index (χ2v) is 5.75. The molecule has 1 unspecified atom stereocenters. The number of nitrogens with zero attached hydrogens (tertiary/aromatic N) is 1. The zero-order valence-electron chi connectivity index (χ0n) is 10.5. The Morgan fingerprint density at radius 1 is 1.35 bits per heavy atom. The van der Waals surface area contributed by atoms with E-state index in [0.29, 0.717) is 6.04 Å². The summed E-state index contributed by atoms with van der Waals surface area (Å²) in [6.07, 6.45) is 1.83. The molecule has 0 aromatic carbocycles. The maximum absolute atomic E-state index is 4.31. The Labute approximate surface area is 107 Å². The summed E-state index contributed by atoms with van der Waals surface area (Å²) in [5, 5.41) is 3.51. The van der Waals surface area contributed by atoms with Crippen LogP contribution in [0.3, 0.4) is 0 Å².